The van der Waals surface area contributed by atoms with E-state index < -0.39 is 11.3 Å². The molecule has 0 aromatic heterocycles. The van der Waals surface area contributed by atoms with E-state index >= 15 is 0 Å². The van der Waals surface area contributed by atoms with Gasteiger partial charge in [0.25, 0.3) is 5.92 Å². The van der Waals surface area contributed by atoms with Crippen LogP contribution in [0.15, 0.2) is 0 Å². The number of alkyl halides is 2. The summed E-state index contributed by atoms with van der Waals surface area (Å²) >= 11 is 0. The maximum absolute atomic E-state index is 13.2. The normalized spacial score (nSPS) is 20.5. The van der Waals surface area contributed by atoms with Crippen molar-refractivity contribution in [3.63, 3.8) is 0 Å². The smallest absolute Gasteiger partial charge is 0.206 e. The lowest BCUT2D eigenvalue weighted by Gasteiger charge is -2.30. The topological polar surface area (TPSA) is 0 Å². The van der Waals surface area contributed by atoms with Crippen LogP contribution in [0.1, 0.15) is 40.0 Å². The highest BCUT2D eigenvalue weighted by Crippen LogP contribution is 2.46. The van der Waals surface area contributed by atoms with Crippen LogP contribution in [0.4, 0.5) is 8.78 Å². The van der Waals surface area contributed by atoms with Crippen molar-refractivity contribution in [1.29, 1.82) is 0 Å². The minimum absolute atomic E-state index is 0.0938. The molecule has 1 aliphatic rings. The second-order valence-electron chi connectivity index (χ2n) is 4.60. The van der Waals surface area contributed by atoms with Gasteiger partial charge < -0.3 is 0 Å². The third kappa shape index (κ3) is 2.14. The lowest BCUT2D eigenvalue weighted by molar-refractivity contribution is -0.106. The highest BCUT2D eigenvalue weighted by Gasteiger charge is 2.46. The molecule has 0 heterocycles. The zero-order valence-electron chi connectivity index (χ0n) is 7.45. The van der Waals surface area contributed by atoms with Crippen LogP contribution in [0, 0.1) is 11.3 Å². The summed E-state index contributed by atoms with van der Waals surface area (Å²) < 4.78 is 26.4. The Morgan fingerprint density at radius 2 is 1.64 bits per heavy atom. The molecular weight excluding hydrogens is 146 g/mol. The van der Waals surface area contributed by atoms with E-state index in [0.717, 1.165) is 12.8 Å². The fourth-order valence-electron chi connectivity index (χ4n) is 0.991. The van der Waals surface area contributed by atoms with Crippen molar-refractivity contribution in [2.24, 2.45) is 11.3 Å². The summed E-state index contributed by atoms with van der Waals surface area (Å²) in [5.41, 5.74) is -0.865. The van der Waals surface area contributed by atoms with Crippen LogP contribution in [-0.2, 0) is 0 Å². The van der Waals surface area contributed by atoms with E-state index in [-0.39, 0.29) is 6.42 Å². The number of rotatable bonds is 2. The maximum atomic E-state index is 13.2. The molecule has 0 aliphatic heterocycles. The molecule has 1 aliphatic carbocycles. The number of halogens is 2. The van der Waals surface area contributed by atoms with Gasteiger partial charge in [0.2, 0.25) is 0 Å². The first-order chi connectivity index (χ1) is 4.83. The molecule has 0 amide bonds. The van der Waals surface area contributed by atoms with Crippen molar-refractivity contribution in [2.45, 2.75) is 46.0 Å². The van der Waals surface area contributed by atoms with E-state index in [4.69, 9.17) is 0 Å². The Balaban J connectivity index is 2.49. The first-order valence-corrected chi connectivity index (χ1v) is 4.21. The van der Waals surface area contributed by atoms with Gasteiger partial charge in [0.15, 0.2) is 0 Å². The van der Waals surface area contributed by atoms with Crippen LogP contribution in [0.3, 0.4) is 0 Å². The van der Waals surface area contributed by atoms with E-state index in [1.807, 2.05) is 0 Å². The predicted octanol–water partition coefficient (Wildman–Crippen LogP) is 3.47. The Morgan fingerprint density at radius 1 is 1.18 bits per heavy atom. The standard InChI is InChI=1S/C9H16F2/c1-8(2,3)9(10,11)6-7-4-5-7/h7H,4-6H2,1-3H3. The molecule has 0 aromatic rings. The molecule has 2 heteroatoms. The number of hydrogen-bond donors (Lipinski definition) is 0. The van der Waals surface area contributed by atoms with Gasteiger partial charge in [-0.3, -0.25) is 0 Å². The van der Waals surface area contributed by atoms with Gasteiger partial charge in [0, 0.05) is 11.8 Å². The molecule has 0 radical (unpaired) electrons. The quantitative estimate of drug-likeness (QED) is 0.583. The van der Waals surface area contributed by atoms with Gasteiger partial charge in [-0.05, 0) is 18.8 Å². The summed E-state index contributed by atoms with van der Waals surface area (Å²) in [5, 5.41) is 0. The third-order valence-electron chi connectivity index (χ3n) is 2.34. The van der Waals surface area contributed by atoms with Gasteiger partial charge >= 0.3 is 0 Å². The summed E-state index contributed by atoms with van der Waals surface area (Å²) in [6, 6.07) is 0. The summed E-state index contributed by atoms with van der Waals surface area (Å²) in [4.78, 5) is 0. The molecule has 0 nitrogen and oxygen atoms in total. The highest BCUT2D eigenvalue weighted by molar-refractivity contribution is 4.87. The van der Waals surface area contributed by atoms with E-state index in [0.29, 0.717) is 5.92 Å². The van der Waals surface area contributed by atoms with Crippen molar-refractivity contribution in [3.8, 4) is 0 Å². The fourth-order valence-corrected chi connectivity index (χ4v) is 0.991. The average Bonchev–Trinajstić information content (AvgIpc) is 2.45. The first kappa shape index (κ1) is 8.95. The Hall–Kier alpha value is -0.140. The fraction of sp³-hybridized carbons (Fsp3) is 1.00. The Bertz CT molecular complexity index is 140. The minimum atomic E-state index is -2.48. The van der Waals surface area contributed by atoms with Crippen LogP contribution >= 0.6 is 0 Å². The van der Waals surface area contributed by atoms with E-state index in [1.165, 1.54) is 0 Å². The summed E-state index contributed by atoms with van der Waals surface area (Å²) in [6.07, 6.45) is 2.11. The zero-order valence-corrected chi connectivity index (χ0v) is 7.45. The minimum Gasteiger partial charge on any atom is -0.206 e. The molecule has 0 spiro atoms. The molecule has 0 bridgehead atoms. The molecule has 0 aromatic carbocycles. The average molecular weight is 162 g/mol. The summed E-state index contributed by atoms with van der Waals surface area (Å²) in [6.45, 7) is 4.82. The van der Waals surface area contributed by atoms with Crippen LogP contribution in [0.2, 0.25) is 0 Å². The van der Waals surface area contributed by atoms with E-state index in [2.05, 4.69) is 0 Å². The molecule has 0 unspecified atom stereocenters. The first-order valence-electron chi connectivity index (χ1n) is 4.21. The maximum Gasteiger partial charge on any atom is 0.253 e. The van der Waals surface area contributed by atoms with Crippen molar-refractivity contribution in [2.75, 3.05) is 0 Å². The third-order valence-corrected chi connectivity index (χ3v) is 2.34. The molecular formula is C9H16F2. The van der Waals surface area contributed by atoms with E-state index in [1.54, 1.807) is 20.8 Å². The highest BCUT2D eigenvalue weighted by atomic mass is 19.3. The summed E-state index contributed by atoms with van der Waals surface area (Å²) in [7, 11) is 0. The van der Waals surface area contributed by atoms with Gasteiger partial charge in [0.05, 0.1) is 0 Å². The molecule has 0 saturated heterocycles. The second kappa shape index (κ2) is 2.43. The number of hydrogen-bond acceptors (Lipinski definition) is 0. The van der Waals surface area contributed by atoms with Gasteiger partial charge in [0.1, 0.15) is 0 Å². The van der Waals surface area contributed by atoms with Gasteiger partial charge in [-0.25, -0.2) is 8.78 Å². The van der Waals surface area contributed by atoms with Crippen molar-refractivity contribution < 1.29 is 8.78 Å². The van der Waals surface area contributed by atoms with Crippen molar-refractivity contribution >= 4 is 0 Å². The van der Waals surface area contributed by atoms with Crippen LogP contribution < -0.4 is 0 Å². The Labute approximate surface area is 67.0 Å². The second-order valence-corrected chi connectivity index (χ2v) is 4.60. The van der Waals surface area contributed by atoms with Crippen LogP contribution in [-0.4, -0.2) is 5.92 Å². The Kier molecular flexibility index (Phi) is 1.97. The zero-order chi connectivity index (χ0) is 8.70. The monoisotopic (exact) mass is 162 g/mol. The lowest BCUT2D eigenvalue weighted by Crippen LogP contribution is -2.34. The SMILES string of the molecule is CC(C)(C)C(F)(F)CC1CC1. The molecule has 0 N–H and O–H groups in total. The predicted molar refractivity (Wildman–Crippen MR) is 41.7 cm³/mol. The van der Waals surface area contributed by atoms with Crippen molar-refractivity contribution in [1.82, 2.24) is 0 Å². The summed E-state index contributed by atoms with van der Waals surface area (Å²) in [5.74, 6) is -2.17. The van der Waals surface area contributed by atoms with Crippen molar-refractivity contribution in [3.05, 3.63) is 0 Å². The molecule has 0 atom stereocenters. The lowest BCUT2D eigenvalue weighted by atomic mass is 9.85. The molecule has 66 valence electrons. The van der Waals surface area contributed by atoms with E-state index in [9.17, 15) is 8.78 Å². The molecule has 11 heavy (non-hydrogen) atoms. The van der Waals surface area contributed by atoms with Crippen LogP contribution in [0.25, 0.3) is 0 Å². The molecule has 1 fully saturated rings. The van der Waals surface area contributed by atoms with Gasteiger partial charge in [-0.2, -0.15) is 0 Å². The van der Waals surface area contributed by atoms with Crippen LogP contribution in [0.5, 0.6) is 0 Å². The molecule has 1 rings (SSSR count). The molecule has 1 saturated carbocycles. The van der Waals surface area contributed by atoms with Gasteiger partial charge in [-0.15, -0.1) is 0 Å². The van der Waals surface area contributed by atoms with Gasteiger partial charge in [-0.1, -0.05) is 20.8 Å². The largest absolute Gasteiger partial charge is 0.253 e. The Morgan fingerprint density at radius 3 is 1.91 bits per heavy atom.